The van der Waals surface area contributed by atoms with Gasteiger partial charge in [-0.25, -0.2) is 4.98 Å². The van der Waals surface area contributed by atoms with E-state index in [1.807, 2.05) is 26.1 Å². The van der Waals surface area contributed by atoms with Crippen molar-refractivity contribution < 1.29 is 4.79 Å². The van der Waals surface area contributed by atoms with Gasteiger partial charge in [-0.2, -0.15) is 0 Å². The van der Waals surface area contributed by atoms with Crippen LogP contribution in [0.2, 0.25) is 0 Å². The average molecular weight is 318 g/mol. The van der Waals surface area contributed by atoms with Crippen LogP contribution in [-0.4, -0.2) is 54.1 Å². The molecule has 23 heavy (non-hydrogen) atoms. The number of carbonyl (C=O) groups excluding carboxylic acids is 1. The zero-order valence-corrected chi connectivity index (χ0v) is 15.1. The number of anilines is 1. The lowest BCUT2D eigenvalue weighted by Crippen LogP contribution is -2.61. The monoisotopic (exact) mass is 318 g/mol. The molecule has 1 N–H and O–H groups in total. The van der Waals surface area contributed by atoms with Gasteiger partial charge in [0.1, 0.15) is 5.82 Å². The molecule has 0 saturated carbocycles. The summed E-state index contributed by atoms with van der Waals surface area (Å²) in [6.07, 6.45) is 1.85. The average Bonchev–Trinajstić information content (AvgIpc) is 2.53. The maximum Gasteiger partial charge on any atom is 0.239 e. The first-order valence-electron chi connectivity index (χ1n) is 8.52. The molecule has 1 saturated heterocycles. The van der Waals surface area contributed by atoms with Crippen LogP contribution in [0.15, 0.2) is 18.3 Å². The SMILES string of the molecule is Cc1cccnc1N1CCN(C(C)(C)C(=O)NCC(C)C)CC1. The molecule has 0 aliphatic carbocycles. The number of nitrogens with one attached hydrogen (secondary N) is 1. The third-order valence-corrected chi connectivity index (χ3v) is 4.58. The fraction of sp³-hybridized carbons (Fsp3) is 0.667. The highest BCUT2D eigenvalue weighted by Gasteiger charge is 2.36. The van der Waals surface area contributed by atoms with Crippen molar-refractivity contribution in [3.05, 3.63) is 23.9 Å². The summed E-state index contributed by atoms with van der Waals surface area (Å²) in [5, 5.41) is 3.07. The zero-order valence-electron chi connectivity index (χ0n) is 15.1. The molecule has 5 nitrogen and oxygen atoms in total. The van der Waals surface area contributed by atoms with E-state index in [1.165, 1.54) is 5.56 Å². The van der Waals surface area contributed by atoms with Gasteiger partial charge < -0.3 is 10.2 Å². The van der Waals surface area contributed by atoms with Gasteiger partial charge in [0.05, 0.1) is 5.54 Å². The summed E-state index contributed by atoms with van der Waals surface area (Å²) in [7, 11) is 0. The number of amides is 1. The molecule has 0 bridgehead atoms. The van der Waals surface area contributed by atoms with Gasteiger partial charge in [0.25, 0.3) is 0 Å². The maximum atomic E-state index is 12.5. The molecule has 1 aliphatic rings. The normalized spacial score (nSPS) is 16.7. The Bertz CT molecular complexity index is 534. The van der Waals surface area contributed by atoms with Crippen molar-refractivity contribution in [1.82, 2.24) is 15.2 Å². The lowest BCUT2D eigenvalue weighted by Gasteiger charge is -2.43. The molecule has 0 spiro atoms. The van der Waals surface area contributed by atoms with E-state index in [-0.39, 0.29) is 5.91 Å². The Morgan fingerprint density at radius 3 is 2.52 bits per heavy atom. The van der Waals surface area contributed by atoms with Crippen LogP contribution in [0.5, 0.6) is 0 Å². The maximum absolute atomic E-state index is 12.5. The molecule has 1 amide bonds. The number of nitrogens with zero attached hydrogens (tertiary/aromatic N) is 3. The van der Waals surface area contributed by atoms with Crippen molar-refractivity contribution in [1.29, 1.82) is 0 Å². The molecule has 0 atom stereocenters. The molecular weight excluding hydrogens is 288 g/mol. The largest absolute Gasteiger partial charge is 0.354 e. The molecule has 5 heteroatoms. The Hall–Kier alpha value is -1.62. The molecule has 1 fully saturated rings. The van der Waals surface area contributed by atoms with Crippen LogP contribution in [0, 0.1) is 12.8 Å². The smallest absolute Gasteiger partial charge is 0.239 e. The minimum absolute atomic E-state index is 0.119. The van der Waals surface area contributed by atoms with Gasteiger partial charge in [-0.15, -0.1) is 0 Å². The minimum atomic E-state index is -0.472. The van der Waals surface area contributed by atoms with Crippen molar-refractivity contribution in [2.45, 2.75) is 40.2 Å². The second kappa shape index (κ2) is 7.30. The minimum Gasteiger partial charge on any atom is -0.354 e. The Morgan fingerprint density at radius 1 is 1.30 bits per heavy atom. The van der Waals surface area contributed by atoms with E-state index in [2.05, 4.69) is 46.9 Å². The van der Waals surface area contributed by atoms with Crippen molar-refractivity contribution in [2.24, 2.45) is 5.92 Å². The molecule has 2 heterocycles. The standard InChI is InChI=1S/C18H30N4O/c1-14(2)13-20-17(23)18(4,5)22-11-9-21(10-12-22)16-15(3)7-6-8-19-16/h6-8,14H,9-13H2,1-5H3,(H,20,23). The van der Waals surface area contributed by atoms with Gasteiger partial charge in [0, 0.05) is 38.9 Å². The van der Waals surface area contributed by atoms with E-state index in [0.717, 1.165) is 38.5 Å². The molecule has 0 unspecified atom stereocenters. The first-order valence-corrected chi connectivity index (χ1v) is 8.52. The number of pyridine rings is 1. The van der Waals surface area contributed by atoms with Gasteiger partial charge in [-0.1, -0.05) is 19.9 Å². The number of aryl methyl sites for hydroxylation is 1. The number of rotatable bonds is 5. The molecule has 128 valence electrons. The van der Waals surface area contributed by atoms with Crippen LogP contribution in [0.4, 0.5) is 5.82 Å². The Kier molecular flexibility index (Phi) is 5.63. The van der Waals surface area contributed by atoms with Gasteiger partial charge in [-0.05, 0) is 38.3 Å². The topological polar surface area (TPSA) is 48.5 Å². The first kappa shape index (κ1) is 17.7. The zero-order chi connectivity index (χ0) is 17.0. The second-order valence-electron chi connectivity index (χ2n) is 7.28. The Labute approximate surface area is 140 Å². The number of carbonyl (C=O) groups is 1. The first-order chi connectivity index (χ1) is 10.8. The highest BCUT2D eigenvalue weighted by atomic mass is 16.2. The van der Waals surface area contributed by atoms with Crippen LogP contribution in [-0.2, 0) is 4.79 Å². The summed E-state index contributed by atoms with van der Waals surface area (Å²) in [6.45, 7) is 14.6. The molecule has 2 rings (SSSR count). The van der Waals surface area contributed by atoms with Crippen LogP contribution in [0.25, 0.3) is 0 Å². The fourth-order valence-corrected chi connectivity index (χ4v) is 2.94. The lowest BCUT2D eigenvalue weighted by atomic mass is 9.99. The lowest BCUT2D eigenvalue weighted by molar-refractivity contribution is -0.132. The van der Waals surface area contributed by atoms with E-state index < -0.39 is 5.54 Å². The van der Waals surface area contributed by atoms with Crippen LogP contribution in [0.3, 0.4) is 0 Å². The van der Waals surface area contributed by atoms with Crippen molar-refractivity contribution in [2.75, 3.05) is 37.6 Å². The number of piperazine rings is 1. The quantitative estimate of drug-likeness (QED) is 0.903. The van der Waals surface area contributed by atoms with Crippen molar-refractivity contribution in [3.8, 4) is 0 Å². The third-order valence-electron chi connectivity index (χ3n) is 4.58. The van der Waals surface area contributed by atoms with Gasteiger partial charge in [-0.3, -0.25) is 9.69 Å². The summed E-state index contributed by atoms with van der Waals surface area (Å²) in [5.74, 6) is 1.65. The van der Waals surface area contributed by atoms with E-state index in [4.69, 9.17) is 0 Å². The summed E-state index contributed by atoms with van der Waals surface area (Å²) in [6, 6.07) is 4.06. The summed E-state index contributed by atoms with van der Waals surface area (Å²) in [5.41, 5.74) is 0.732. The number of hydrogen-bond donors (Lipinski definition) is 1. The molecule has 0 aromatic carbocycles. The summed E-state index contributed by atoms with van der Waals surface area (Å²) < 4.78 is 0. The number of aromatic nitrogens is 1. The Balaban J connectivity index is 1.95. The van der Waals surface area contributed by atoms with Crippen molar-refractivity contribution in [3.63, 3.8) is 0 Å². The van der Waals surface area contributed by atoms with Gasteiger partial charge in [0.2, 0.25) is 5.91 Å². The van der Waals surface area contributed by atoms with Crippen molar-refractivity contribution >= 4 is 11.7 Å². The molecule has 1 aromatic heterocycles. The van der Waals surface area contributed by atoms with E-state index in [1.54, 1.807) is 0 Å². The Morgan fingerprint density at radius 2 is 1.96 bits per heavy atom. The molecule has 0 radical (unpaired) electrons. The number of hydrogen-bond acceptors (Lipinski definition) is 4. The van der Waals surface area contributed by atoms with E-state index in [0.29, 0.717) is 5.92 Å². The molecular formula is C18H30N4O. The van der Waals surface area contributed by atoms with E-state index >= 15 is 0 Å². The fourth-order valence-electron chi connectivity index (χ4n) is 2.94. The van der Waals surface area contributed by atoms with Crippen LogP contribution < -0.4 is 10.2 Å². The molecule has 1 aromatic rings. The predicted molar refractivity (Wildman–Crippen MR) is 94.7 cm³/mol. The molecule has 1 aliphatic heterocycles. The van der Waals surface area contributed by atoms with Crippen LogP contribution >= 0.6 is 0 Å². The van der Waals surface area contributed by atoms with Crippen LogP contribution in [0.1, 0.15) is 33.3 Å². The summed E-state index contributed by atoms with van der Waals surface area (Å²) >= 11 is 0. The highest BCUT2D eigenvalue weighted by Crippen LogP contribution is 2.22. The highest BCUT2D eigenvalue weighted by molar-refractivity contribution is 5.85. The van der Waals surface area contributed by atoms with Gasteiger partial charge >= 0.3 is 0 Å². The second-order valence-corrected chi connectivity index (χ2v) is 7.28. The van der Waals surface area contributed by atoms with Gasteiger partial charge in [0.15, 0.2) is 0 Å². The predicted octanol–water partition coefficient (Wildman–Crippen LogP) is 2.06. The third kappa shape index (κ3) is 4.22. The summed E-state index contributed by atoms with van der Waals surface area (Å²) in [4.78, 5) is 21.6. The van der Waals surface area contributed by atoms with E-state index in [9.17, 15) is 4.79 Å².